The highest BCUT2D eigenvalue weighted by Crippen LogP contribution is 2.37. The predicted octanol–water partition coefficient (Wildman–Crippen LogP) is 0.164. The molecule has 0 radical (unpaired) electrons. The van der Waals surface area contributed by atoms with Crippen LogP contribution >= 0.6 is 0 Å². The summed E-state index contributed by atoms with van der Waals surface area (Å²) in [6.45, 7) is 4.01. The molecule has 1 heterocycles. The normalized spacial score (nSPS) is 18.8. The van der Waals surface area contributed by atoms with Crippen molar-refractivity contribution in [3.05, 3.63) is 11.7 Å². The average molecular weight is 238 g/mol. The van der Waals surface area contributed by atoms with Gasteiger partial charge in [-0.2, -0.15) is 4.98 Å². The molecular weight excluding hydrogens is 220 g/mol. The van der Waals surface area contributed by atoms with Gasteiger partial charge in [-0.3, -0.25) is 4.79 Å². The number of aromatic nitrogens is 2. The Morgan fingerprint density at radius 3 is 2.88 bits per heavy atom. The van der Waals surface area contributed by atoms with Gasteiger partial charge in [-0.15, -0.1) is 0 Å². The van der Waals surface area contributed by atoms with E-state index in [0.29, 0.717) is 30.6 Å². The molecule has 0 aliphatic heterocycles. The van der Waals surface area contributed by atoms with Crippen LogP contribution in [0.4, 0.5) is 0 Å². The maximum atomic E-state index is 11.8. The van der Waals surface area contributed by atoms with Crippen LogP contribution in [0, 0.1) is 12.8 Å². The lowest BCUT2D eigenvalue weighted by Gasteiger charge is -2.22. The Morgan fingerprint density at radius 1 is 1.65 bits per heavy atom. The molecule has 1 amide bonds. The van der Waals surface area contributed by atoms with Crippen LogP contribution in [-0.4, -0.2) is 28.1 Å². The first-order valence-corrected chi connectivity index (χ1v) is 5.86. The fourth-order valence-electron chi connectivity index (χ4n) is 1.79. The number of rotatable bonds is 5. The number of carbonyl (C=O) groups excluding carboxylic acids is 1. The lowest BCUT2D eigenvalue weighted by atomic mass is 9.96. The molecule has 1 fully saturated rings. The van der Waals surface area contributed by atoms with Crippen molar-refractivity contribution in [2.45, 2.75) is 38.6 Å². The Morgan fingerprint density at radius 2 is 2.35 bits per heavy atom. The third-order valence-corrected chi connectivity index (χ3v) is 3.12. The molecule has 1 aliphatic carbocycles. The minimum Gasteiger partial charge on any atom is -0.354 e. The van der Waals surface area contributed by atoms with Gasteiger partial charge in [-0.1, -0.05) is 5.16 Å². The summed E-state index contributed by atoms with van der Waals surface area (Å²) in [5.41, 5.74) is 5.24. The Labute approximate surface area is 99.9 Å². The fraction of sp³-hybridized carbons (Fsp3) is 0.727. The highest BCUT2D eigenvalue weighted by Gasteiger charge is 2.43. The molecule has 6 nitrogen and oxygen atoms in total. The van der Waals surface area contributed by atoms with Crippen molar-refractivity contribution in [2.24, 2.45) is 11.7 Å². The summed E-state index contributed by atoms with van der Waals surface area (Å²) in [4.78, 5) is 15.9. The van der Waals surface area contributed by atoms with Crippen molar-refractivity contribution in [1.82, 2.24) is 15.5 Å². The van der Waals surface area contributed by atoms with Crippen LogP contribution in [0.5, 0.6) is 0 Å². The molecule has 1 aromatic rings. The Hall–Kier alpha value is -1.43. The molecule has 0 spiro atoms. The maximum absolute atomic E-state index is 11.8. The van der Waals surface area contributed by atoms with Crippen LogP contribution in [-0.2, 0) is 11.2 Å². The second-order valence-electron chi connectivity index (χ2n) is 4.79. The molecule has 2 rings (SSSR count). The zero-order chi connectivity index (χ0) is 12.5. The van der Waals surface area contributed by atoms with E-state index in [1.807, 2.05) is 0 Å². The minimum atomic E-state index is -0.743. The molecule has 17 heavy (non-hydrogen) atoms. The Bertz CT molecular complexity index is 409. The Kier molecular flexibility index (Phi) is 3.15. The smallest absolute Gasteiger partial charge is 0.240 e. The van der Waals surface area contributed by atoms with Gasteiger partial charge in [0, 0.05) is 19.9 Å². The molecule has 94 valence electrons. The van der Waals surface area contributed by atoms with Crippen LogP contribution in [0.1, 0.15) is 31.5 Å². The number of carbonyl (C=O) groups is 1. The molecule has 6 heteroatoms. The first kappa shape index (κ1) is 12.0. The van der Waals surface area contributed by atoms with E-state index in [1.165, 1.54) is 0 Å². The van der Waals surface area contributed by atoms with Crippen LogP contribution in [0.15, 0.2) is 4.52 Å². The average Bonchev–Trinajstić information content (AvgIpc) is 3.04. The van der Waals surface area contributed by atoms with E-state index >= 15 is 0 Å². The number of nitrogens with zero attached hydrogens (tertiary/aromatic N) is 2. The lowest BCUT2D eigenvalue weighted by Crippen LogP contribution is -2.53. The van der Waals surface area contributed by atoms with Gasteiger partial charge in [0.2, 0.25) is 11.8 Å². The summed E-state index contributed by atoms with van der Waals surface area (Å²) >= 11 is 0. The standard InChI is InChI=1S/C11H18N4O2/c1-7-14-9(15-17-7)5-6-13-10(16)11(2,12)8-3-4-8/h8H,3-6,12H2,1-2H3,(H,13,16). The van der Waals surface area contributed by atoms with E-state index in [2.05, 4.69) is 15.5 Å². The number of hydrogen-bond donors (Lipinski definition) is 2. The fourth-order valence-corrected chi connectivity index (χ4v) is 1.79. The zero-order valence-electron chi connectivity index (χ0n) is 10.2. The van der Waals surface area contributed by atoms with E-state index in [0.717, 1.165) is 12.8 Å². The predicted molar refractivity (Wildman–Crippen MR) is 61.1 cm³/mol. The Balaban J connectivity index is 1.76. The van der Waals surface area contributed by atoms with E-state index in [9.17, 15) is 4.79 Å². The van der Waals surface area contributed by atoms with Crippen LogP contribution in [0.2, 0.25) is 0 Å². The molecule has 0 bridgehead atoms. The van der Waals surface area contributed by atoms with Crippen LogP contribution in [0.25, 0.3) is 0 Å². The lowest BCUT2D eigenvalue weighted by molar-refractivity contribution is -0.126. The summed E-state index contributed by atoms with van der Waals surface area (Å²) in [7, 11) is 0. The number of hydrogen-bond acceptors (Lipinski definition) is 5. The molecule has 1 unspecified atom stereocenters. The second kappa shape index (κ2) is 4.44. The minimum absolute atomic E-state index is 0.0970. The van der Waals surface area contributed by atoms with E-state index in [1.54, 1.807) is 13.8 Å². The molecule has 0 saturated heterocycles. The van der Waals surface area contributed by atoms with Gasteiger partial charge in [0.15, 0.2) is 5.82 Å². The first-order chi connectivity index (χ1) is 8.00. The third kappa shape index (κ3) is 2.82. The largest absolute Gasteiger partial charge is 0.354 e. The SMILES string of the molecule is Cc1nc(CCNC(=O)C(C)(N)C2CC2)no1. The molecule has 1 atom stereocenters. The van der Waals surface area contributed by atoms with E-state index in [-0.39, 0.29) is 5.91 Å². The number of nitrogens with two attached hydrogens (primary N) is 1. The van der Waals surface area contributed by atoms with Crippen molar-refractivity contribution in [1.29, 1.82) is 0 Å². The quantitative estimate of drug-likeness (QED) is 0.762. The van der Waals surface area contributed by atoms with Crippen molar-refractivity contribution in [3.63, 3.8) is 0 Å². The number of amides is 1. The summed E-state index contributed by atoms with van der Waals surface area (Å²) in [6, 6.07) is 0. The van der Waals surface area contributed by atoms with Gasteiger partial charge in [0.1, 0.15) is 0 Å². The van der Waals surface area contributed by atoms with Crippen molar-refractivity contribution in [3.8, 4) is 0 Å². The molecule has 1 aliphatic rings. The van der Waals surface area contributed by atoms with E-state index in [4.69, 9.17) is 10.3 Å². The van der Waals surface area contributed by atoms with Gasteiger partial charge >= 0.3 is 0 Å². The van der Waals surface area contributed by atoms with E-state index < -0.39 is 5.54 Å². The van der Waals surface area contributed by atoms with Crippen LogP contribution < -0.4 is 11.1 Å². The first-order valence-electron chi connectivity index (χ1n) is 5.86. The van der Waals surface area contributed by atoms with Crippen molar-refractivity contribution >= 4 is 5.91 Å². The monoisotopic (exact) mass is 238 g/mol. The highest BCUT2D eigenvalue weighted by atomic mass is 16.5. The van der Waals surface area contributed by atoms with Gasteiger partial charge in [0.25, 0.3) is 0 Å². The highest BCUT2D eigenvalue weighted by molar-refractivity contribution is 5.86. The summed E-state index contributed by atoms with van der Waals surface area (Å²) in [5.74, 6) is 1.37. The van der Waals surface area contributed by atoms with Gasteiger partial charge in [-0.05, 0) is 25.7 Å². The van der Waals surface area contributed by atoms with Gasteiger partial charge in [0.05, 0.1) is 5.54 Å². The van der Waals surface area contributed by atoms with Gasteiger partial charge in [-0.25, -0.2) is 0 Å². The molecule has 1 aromatic heterocycles. The topological polar surface area (TPSA) is 94.0 Å². The molecule has 3 N–H and O–H groups in total. The zero-order valence-corrected chi connectivity index (χ0v) is 10.2. The summed E-state index contributed by atoms with van der Waals surface area (Å²) < 4.78 is 4.84. The van der Waals surface area contributed by atoms with Crippen molar-refractivity contribution < 1.29 is 9.32 Å². The number of aryl methyl sites for hydroxylation is 1. The summed E-state index contributed by atoms with van der Waals surface area (Å²) in [5, 5.41) is 6.57. The third-order valence-electron chi connectivity index (χ3n) is 3.12. The molecule has 0 aromatic carbocycles. The van der Waals surface area contributed by atoms with Crippen molar-refractivity contribution in [2.75, 3.05) is 6.54 Å². The van der Waals surface area contributed by atoms with Crippen LogP contribution in [0.3, 0.4) is 0 Å². The molecular formula is C11H18N4O2. The summed E-state index contributed by atoms with van der Waals surface area (Å²) in [6.07, 6.45) is 2.65. The second-order valence-corrected chi connectivity index (χ2v) is 4.79. The molecule has 1 saturated carbocycles. The number of nitrogens with one attached hydrogen (secondary N) is 1. The van der Waals surface area contributed by atoms with Gasteiger partial charge < -0.3 is 15.6 Å². The maximum Gasteiger partial charge on any atom is 0.240 e.